The van der Waals surface area contributed by atoms with Crippen LogP contribution in [0.4, 0.5) is 5.00 Å². The summed E-state index contributed by atoms with van der Waals surface area (Å²) in [6, 6.07) is 25.3. The van der Waals surface area contributed by atoms with E-state index in [1.165, 1.54) is 46.2 Å². The lowest BCUT2D eigenvalue weighted by Crippen LogP contribution is -3.13. The van der Waals surface area contributed by atoms with Gasteiger partial charge in [-0.05, 0) is 62.3 Å². The normalized spacial score (nSPS) is 18.8. The molecule has 0 spiro atoms. The lowest BCUT2D eigenvalue weighted by atomic mass is 9.87. The summed E-state index contributed by atoms with van der Waals surface area (Å²) in [6.07, 6.45) is 5.12. The second-order valence-electron chi connectivity index (χ2n) is 9.59. The van der Waals surface area contributed by atoms with Crippen molar-refractivity contribution in [3.8, 4) is 0 Å². The molecule has 1 aliphatic rings. The van der Waals surface area contributed by atoms with Crippen LogP contribution < -0.4 is 10.2 Å². The van der Waals surface area contributed by atoms with Crippen LogP contribution >= 0.6 is 11.3 Å². The number of hydrogen-bond acceptors (Lipinski definition) is 3. The molecule has 0 aliphatic carbocycles. The summed E-state index contributed by atoms with van der Waals surface area (Å²) in [5, 5.41) is 4.12. The fraction of sp³-hybridized carbons (Fsp3) is 0.300. The van der Waals surface area contributed by atoms with Gasteiger partial charge in [-0.3, -0.25) is 4.79 Å². The first-order chi connectivity index (χ1) is 17.1. The standard InChI is InChI=1S/C30H32N2O2S/c1-21-22(2)35-30(31-29(33)26-14-9-19-34-26)27(21)28(25-12-7-4-8-13-25)32-17-15-24(16-18-32)20-23-10-5-3-6-11-23/h3-14,19,24,28H,15-18,20H2,1-2H3,(H,31,33)/p+1/t28-/m1/s1. The van der Waals surface area contributed by atoms with Gasteiger partial charge in [-0.2, -0.15) is 0 Å². The fourth-order valence-corrected chi connectivity index (χ4v) is 6.49. The molecule has 3 heterocycles. The molecule has 35 heavy (non-hydrogen) atoms. The number of likely N-dealkylation sites (tertiary alicyclic amines) is 1. The third-order valence-electron chi connectivity index (χ3n) is 7.35. The Balaban J connectivity index is 1.42. The fourth-order valence-electron chi connectivity index (χ4n) is 5.40. The van der Waals surface area contributed by atoms with Crippen molar-refractivity contribution in [1.82, 2.24) is 0 Å². The number of anilines is 1. The van der Waals surface area contributed by atoms with Crippen LogP contribution in [0.15, 0.2) is 83.5 Å². The number of amides is 1. The Morgan fingerprint density at radius 1 is 1.00 bits per heavy atom. The summed E-state index contributed by atoms with van der Waals surface area (Å²) in [5.41, 5.74) is 5.26. The molecule has 5 heteroatoms. The lowest BCUT2D eigenvalue weighted by molar-refractivity contribution is -0.931. The first kappa shape index (κ1) is 23.6. The first-order valence-electron chi connectivity index (χ1n) is 12.5. The van der Waals surface area contributed by atoms with Crippen LogP contribution in [0, 0.1) is 19.8 Å². The van der Waals surface area contributed by atoms with E-state index in [1.807, 2.05) is 0 Å². The van der Waals surface area contributed by atoms with E-state index < -0.39 is 0 Å². The molecule has 0 saturated carbocycles. The predicted molar refractivity (Wildman–Crippen MR) is 142 cm³/mol. The average Bonchev–Trinajstić information content (AvgIpc) is 3.52. The van der Waals surface area contributed by atoms with Gasteiger partial charge < -0.3 is 14.6 Å². The summed E-state index contributed by atoms with van der Waals surface area (Å²) in [6.45, 7) is 6.59. The van der Waals surface area contributed by atoms with Crippen molar-refractivity contribution in [2.45, 2.75) is 39.2 Å². The van der Waals surface area contributed by atoms with E-state index in [-0.39, 0.29) is 11.9 Å². The number of rotatable bonds is 7. The zero-order chi connectivity index (χ0) is 24.2. The summed E-state index contributed by atoms with van der Waals surface area (Å²) in [7, 11) is 0. The molecule has 1 aliphatic heterocycles. The maximum absolute atomic E-state index is 12.9. The largest absolute Gasteiger partial charge is 0.459 e. The minimum atomic E-state index is -0.194. The van der Waals surface area contributed by atoms with Crippen LogP contribution in [0.1, 0.15) is 56.6 Å². The first-order valence-corrected chi connectivity index (χ1v) is 13.3. The predicted octanol–water partition coefficient (Wildman–Crippen LogP) is 5.84. The SMILES string of the molecule is Cc1sc(NC(=O)c2ccco2)c([C@@H](c2ccccc2)[NH+]2CCC(Cc3ccccc3)CC2)c1C. The van der Waals surface area contributed by atoms with E-state index in [0.717, 1.165) is 30.4 Å². The number of carbonyl (C=O) groups is 1. The van der Waals surface area contributed by atoms with Crippen molar-refractivity contribution in [3.05, 3.63) is 112 Å². The number of hydrogen-bond donors (Lipinski definition) is 2. The number of quaternary nitrogens is 1. The highest BCUT2D eigenvalue weighted by atomic mass is 32.1. The highest BCUT2D eigenvalue weighted by molar-refractivity contribution is 7.16. The molecule has 0 radical (unpaired) electrons. The Morgan fingerprint density at radius 3 is 2.34 bits per heavy atom. The molecule has 0 bridgehead atoms. The average molecular weight is 486 g/mol. The Morgan fingerprint density at radius 2 is 1.69 bits per heavy atom. The van der Waals surface area contributed by atoms with E-state index in [0.29, 0.717) is 5.76 Å². The third kappa shape index (κ3) is 5.26. The summed E-state index contributed by atoms with van der Waals surface area (Å²) in [5.74, 6) is 0.867. The second-order valence-corrected chi connectivity index (χ2v) is 10.8. The highest BCUT2D eigenvalue weighted by Gasteiger charge is 2.35. The number of carbonyl (C=O) groups excluding carboxylic acids is 1. The second kappa shape index (κ2) is 10.6. The van der Waals surface area contributed by atoms with Gasteiger partial charge in [0, 0.05) is 10.4 Å². The van der Waals surface area contributed by atoms with Gasteiger partial charge in [0.25, 0.3) is 5.91 Å². The zero-order valence-corrected chi connectivity index (χ0v) is 21.2. The third-order valence-corrected chi connectivity index (χ3v) is 8.49. The molecule has 1 amide bonds. The number of piperidine rings is 1. The number of benzene rings is 2. The van der Waals surface area contributed by atoms with Crippen LogP contribution in [0.25, 0.3) is 0 Å². The Hall–Kier alpha value is -3.15. The molecule has 2 aromatic heterocycles. The van der Waals surface area contributed by atoms with Gasteiger partial charge >= 0.3 is 0 Å². The molecular formula is C30H33N2O2S+. The van der Waals surface area contributed by atoms with Crippen LogP contribution in [-0.4, -0.2) is 19.0 Å². The van der Waals surface area contributed by atoms with Gasteiger partial charge in [0.05, 0.1) is 24.9 Å². The van der Waals surface area contributed by atoms with Crippen LogP contribution in [0.3, 0.4) is 0 Å². The van der Waals surface area contributed by atoms with Gasteiger partial charge in [-0.1, -0.05) is 60.7 Å². The van der Waals surface area contributed by atoms with Crippen molar-refractivity contribution in [2.75, 3.05) is 18.4 Å². The number of thiophene rings is 1. The van der Waals surface area contributed by atoms with Crippen LogP contribution in [-0.2, 0) is 6.42 Å². The molecule has 2 N–H and O–H groups in total. The van der Waals surface area contributed by atoms with Gasteiger partial charge in [0.15, 0.2) is 5.76 Å². The van der Waals surface area contributed by atoms with E-state index >= 15 is 0 Å². The molecule has 1 saturated heterocycles. The summed E-state index contributed by atoms with van der Waals surface area (Å²) < 4.78 is 5.35. The van der Waals surface area contributed by atoms with Crippen LogP contribution in [0.5, 0.6) is 0 Å². The molecule has 4 aromatic rings. The molecular weight excluding hydrogens is 452 g/mol. The van der Waals surface area contributed by atoms with Crippen molar-refractivity contribution < 1.29 is 14.1 Å². The number of aryl methyl sites for hydroxylation is 1. The summed E-state index contributed by atoms with van der Waals surface area (Å²) >= 11 is 1.67. The Labute approximate surface area is 211 Å². The van der Waals surface area contributed by atoms with Crippen molar-refractivity contribution >= 4 is 22.2 Å². The molecule has 5 rings (SSSR count). The van der Waals surface area contributed by atoms with Gasteiger partial charge in [0.1, 0.15) is 11.0 Å². The summed E-state index contributed by atoms with van der Waals surface area (Å²) in [4.78, 5) is 15.7. The van der Waals surface area contributed by atoms with Gasteiger partial charge in [-0.25, -0.2) is 0 Å². The van der Waals surface area contributed by atoms with E-state index in [4.69, 9.17) is 4.42 Å². The number of nitrogens with one attached hydrogen (secondary N) is 2. The van der Waals surface area contributed by atoms with E-state index in [2.05, 4.69) is 79.8 Å². The molecule has 4 nitrogen and oxygen atoms in total. The molecule has 1 atom stereocenters. The minimum Gasteiger partial charge on any atom is -0.459 e. The maximum atomic E-state index is 12.9. The molecule has 1 fully saturated rings. The Kier molecular flexibility index (Phi) is 7.16. The lowest BCUT2D eigenvalue weighted by Gasteiger charge is -2.35. The zero-order valence-electron chi connectivity index (χ0n) is 20.4. The molecule has 180 valence electrons. The van der Waals surface area contributed by atoms with Gasteiger partial charge in [-0.15, -0.1) is 11.3 Å². The topological polar surface area (TPSA) is 46.7 Å². The smallest absolute Gasteiger partial charge is 0.291 e. The number of furan rings is 1. The quantitative estimate of drug-likeness (QED) is 0.346. The van der Waals surface area contributed by atoms with Gasteiger partial charge in [0.2, 0.25) is 0 Å². The van der Waals surface area contributed by atoms with Crippen molar-refractivity contribution in [2.24, 2.45) is 5.92 Å². The molecule has 2 aromatic carbocycles. The van der Waals surface area contributed by atoms with E-state index in [1.54, 1.807) is 28.4 Å². The molecule has 0 unspecified atom stereocenters. The monoisotopic (exact) mass is 485 g/mol. The van der Waals surface area contributed by atoms with E-state index in [9.17, 15) is 4.79 Å². The van der Waals surface area contributed by atoms with Crippen LogP contribution in [0.2, 0.25) is 0 Å². The minimum absolute atomic E-state index is 0.186. The Bertz CT molecular complexity index is 1240. The van der Waals surface area contributed by atoms with Crippen molar-refractivity contribution in [3.63, 3.8) is 0 Å². The maximum Gasteiger partial charge on any atom is 0.291 e. The van der Waals surface area contributed by atoms with Crippen molar-refractivity contribution in [1.29, 1.82) is 0 Å². The highest BCUT2D eigenvalue weighted by Crippen LogP contribution is 2.39.